The summed E-state index contributed by atoms with van der Waals surface area (Å²) >= 11 is 0. The summed E-state index contributed by atoms with van der Waals surface area (Å²) in [5.74, 6) is 2.76. The average molecular weight is 380 g/mol. The van der Waals surface area contributed by atoms with Gasteiger partial charge >= 0.3 is 0 Å². The molecule has 0 fully saturated rings. The van der Waals surface area contributed by atoms with Crippen LogP contribution in [-0.2, 0) is 0 Å². The van der Waals surface area contributed by atoms with E-state index in [0.29, 0.717) is 34.1 Å². The highest BCUT2D eigenvalue weighted by Crippen LogP contribution is 2.53. The number of rotatable bonds is 3. The normalized spacial score (nSPS) is 12.7. The summed E-state index contributed by atoms with van der Waals surface area (Å²) in [6.07, 6.45) is 3.77. The number of ether oxygens (including phenoxy) is 5. The van der Waals surface area contributed by atoms with Gasteiger partial charge in [0.05, 0.1) is 26.7 Å². The van der Waals surface area contributed by atoms with E-state index in [1.165, 1.54) is 7.11 Å². The molecule has 0 radical (unpaired) electrons. The van der Waals surface area contributed by atoms with E-state index in [-0.39, 0.29) is 12.5 Å². The molecular weight excluding hydrogens is 362 g/mol. The average Bonchev–Trinajstić information content (AvgIpc) is 3.21. The molecule has 2 aromatic heterocycles. The molecule has 2 aromatic carbocycles. The van der Waals surface area contributed by atoms with Crippen LogP contribution in [0.4, 0.5) is 0 Å². The Morgan fingerprint density at radius 2 is 1.71 bits per heavy atom. The molecule has 0 atom stereocenters. The van der Waals surface area contributed by atoms with Crippen molar-refractivity contribution in [2.75, 3.05) is 28.1 Å². The molecule has 1 aliphatic rings. The lowest BCUT2D eigenvalue weighted by atomic mass is 10.0. The summed E-state index contributed by atoms with van der Waals surface area (Å²) in [7, 11) is 4.70. The highest BCUT2D eigenvalue weighted by Gasteiger charge is 2.30. The largest absolute Gasteiger partial charge is 0.504 e. The number of hydrogen-bond donors (Lipinski definition) is 1. The van der Waals surface area contributed by atoms with Gasteiger partial charge in [-0.05, 0) is 17.5 Å². The number of pyridine rings is 2. The van der Waals surface area contributed by atoms with Crippen LogP contribution in [0.25, 0.3) is 27.1 Å². The van der Waals surface area contributed by atoms with Gasteiger partial charge in [0.2, 0.25) is 23.8 Å². The van der Waals surface area contributed by atoms with Crippen molar-refractivity contribution in [1.29, 1.82) is 0 Å². The van der Waals surface area contributed by atoms with E-state index < -0.39 is 0 Å². The topological polar surface area (TPSA) is 70.5 Å². The third kappa shape index (κ3) is 2.07. The number of fused-ring (bicyclic) bond motifs is 6. The minimum absolute atomic E-state index is 0.102. The molecule has 1 aliphatic heterocycles. The second-order valence-electron chi connectivity index (χ2n) is 6.42. The quantitative estimate of drug-likeness (QED) is 0.334. The van der Waals surface area contributed by atoms with Gasteiger partial charge in [-0.25, -0.2) is 0 Å². The number of aromatic nitrogens is 1. The molecule has 4 aromatic rings. The first-order chi connectivity index (χ1) is 13.7. The summed E-state index contributed by atoms with van der Waals surface area (Å²) in [5, 5.41) is 13.8. The fraction of sp³-hybridized carbons (Fsp3) is 0.190. The van der Waals surface area contributed by atoms with Gasteiger partial charge in [0.25, 0.3) is 0 Å². The van der Waals surface area contributed by atoms with Gasteiger partial charge in [0, 0.05) is 17.5 Å². The number of hydrogen-bond acceptors (Lipinski definition) is 6. The Kier molecular flexibility index (Phi) is 3.52. The van der Waals surface area contributed by atoms with Crippen molar-refractivity contribution in [3.8, 4) is 34.5 Å². The second-order valence-corrected chi connectivity index (χ2v) is 6.42. The maximum Gasteiger partial charge on any atom is 0.231 e. The fourth-order valence-corrected chi connectivity index (χ4v) is 3.83. The van der Waals surface area contributed by atoms with Crippen molar-refractivity contribution < 1.29 is 33.2 Å². The maximum absolute atomic E-state index is 10.5. The van der Waals surface area contributed by atoms with Gasteiger partial charge in [0.15, 0.2) is 35.4 Å². The lowest BCUT2D eigenvalue weighted by Gasteiger charge is -2.14. The standard InChI is InChI=1S/C21H17NO6/c1-24-15-5-4-11-8-14-16-12(6-7-22(14)9-13(11)17(15)23)18-21(28-10-27-18)20(26-3)19(16)25-2/h4-9H,10H2,1-3H3/p+1. The van der Waals surface area contributed by atoms with Crippen LogP contribution in [0.1, 0.15) is 0 Å². The molecule has 5 rings (SSSR count). The minimum Gasteiger partial charge on any atom is -0.504 e. The monoisotopic (exact) mass is 380 g/mol. The van der Waals surface area contributed by atoms with Crippen LogP contribution in [0.5, 0.6) is 34.5 Å². The lowest BCUT2D eigenvalue weighted by Crippen LogP contribution is -2.21. The summed E-state index contributed by atoms with van der Waals surface area (Å²) in [6, 6.07) is 7.57. The summed E-state index contributed by atoms with van der Waals surface area (Å²) in [6.45, 7) is 0.129. The van der Waals surface area contributed by atoms with Crippen molar-refractivity contribution in [3.63, 3.8) is 0 Å². The molecule has 28 heavy (non-hydrogen) atoms. The lowest BCUT2D eigenvalue weighted by molar-refractivity contribution is -0.509. The van der Waals surface area contributed by atoms with Gasteiger partial charge in [-0.15, -0.1) is 0 Å². The van der Waals surface area contributed by atoms with Crippen molar-refractivity contribution >= 4 is 27.1 Å². The van der Waals surface area contributed by atoms with E-state index in [9.17, 15) is 5.11 Å². The van der Waals surface area contributed by atoms with E-state index in [1.54, 1.807) is 20.3 Å². The minimum atomic E-state index is 0.102. The van der Waals surface area contributed by atoms with Crippen molar-refractivity contribution in [2.45, 2.75) is 0 Å². The third-order valence-electron chi connectivity index (χ3n) is 5.10. The number of nitrogens with zero attached hydrogens (tertiary/aromatic N) is 1. The number of phenols is 1. The molecule has 0 spiro atoms. The van der Waals surface area contributed by atoms with Crippen LogP contribution in [0.2, 0.25) is 0 Å². The molecular formula is C21H18NO6+. The Morgan fingerprint density at radius 1 is 0.929 bits per heavy atom. The van der Waals surface area contributed by atoms with Gasteiger partial charge in [-0.2, -0.15) is 4.40 Å². The van der Waals surface area contributed by atoms with Crippen molar-refractivity contribution in [2.24, 2.45) is 0 Å². The first kappa shape index (κ1) is 16.6. The molecule has 1 N–H and O–H groups in total. The van der Waals surface area contributed by atoms with Crippen LogP contribution in [0, 0.1) is 0 Å². The SMILES string of the molecule is COc1ccc2cc3c4c(OC)c(OC)c5c(c4cc[n+]3cc2c1O)OCO5. The smallest absolute Gasteiger partial charge is 0.231 e. The first-order valence-corrected chi connectivity index (χ1v) is 8.69. The third-order valence-corrected chi connectivity index (χ3v) is 5.10. The highest BCUT2D eigenvalue weighted by molar-refractivity contribution is 6.07. The van der Waals surface area contributed by atoms with Gasteiger partial charge in [0.1, 0.15) is 5.39 Å². The molecule has 0 aliphatic carbocycles. The van der Waals surface area contributed by atoms with Crippen LogP contribution >= 0.6 is 0 Å². The number of phenolic OH excluding ortho intramolecular Hbond substituents is 1. The van der Waals surface area contributed by atoms with Crippen molar-refractivity contribution in [1.82, 2.24) is 0 Å². The fourth-order valence-electron chi connectivity index (χ4n) is 3.83. The van der Waals surface area contributed by atoms with Crippen LogP contribution in [-0.4, -0.2) is 33.2 Å². The maximum atomic E-state index is 10.5. The van der Waals surface area contributed by atoms with E-state index in [4.69, 9.17) is 23.7 Å². The van der Waals surface area contributed by atoms with Gasteiger partial charge in [-0.1, -0.05) is 0 Å². The molecule has 3 heterocycles. The zero-order valence-corrected chi connectivity index (χ0v) is 15.6. The Bertz CT molecular complexity index is 1270. The van der Waals surface area contributed by atoms with Gasteiger partial charge < -0.3 is 28.8 Å². The van der Waals surface area contributed by atoms with Crippen molar-refractivity contribution in [3.05, 3.63) is 36.7 Å². The summed E-state index contributed by atoms with van der Waals surface area (Å²) in [4.78, 5) is 0. The Morgan fingerprint density at radius 3 is 2.46 bits per heavy atom. The predicted octanol–water partition coefficient (Wildman–Crippen LogP) is 3.19. The summed E-state index contributed by atoms with van der Waals surface area (Å²) in [5.41, 5.74) is 0.878. The van der Waals surface area contributed by atoms with Crippen LogP contribution in [0.3, 0.4) is 0 Å². The van der Waals surface area contributed by atoms with E-state index in [1.807, 2.05) is 35.0 Å². The molecule has 0 saturated heterocycles. The number of benzene rings is 2. The molecule has 7 heteroatoms. The molecule has 0 amide bonds. The molecule has 142 valence electrons. The van der Waals surface area contributed by atoms with Crippen LogP contribution in [0.15, 0.2) is 36.7 Å². The molecule has 0 unspecified atom stereocenters. The molecule has 7 nitrogen and oxygen atoms in total. The van der Waals surface area contributed by atoms with E-state index >= 15 is 0 Å². The zero-order chi connectivity index (χ0) is 19.4. The number of methoxy groups -OCH3 is 3. The summed E-state index contributed by atoms with van der Waals surface area (Å²) < 4.78 is 29.8. The second kappa shape index (κ2) is 5.95. The Balaban J connectivity index is 1.96. The first-order valence-electron chi connectivity index (χ1n) is 8.69. The van der Waals surface area contributed by atoms with E-state index in [0.717, 1.165) is 21.7 Å². The Hall–Kier alpha value is -3.61. The Labute approximate surface area is 160 Å². The highest BCUT2D eigenvalue weighted by atomic mass is 16.7. The van der Waals surface area contributed by atoms with Crippen LogP contribution < -0.4 is 28.1 Å². The predicted molar refractivity (Wildman–Crippen MR) is 102 cm³/mol. The van der Waals surface area contributed by atoms with E-state index in [2.05, 4.69) is 0 Å². The molecule has 0 saturated carbocycles. The number of aromatic hydroxyl groups is 1. The molecule has 0 bridgehead atoms. The van der Waals surface area contributed by atoms with Gasteiger partial charge in [-0.3, -0.25) is 0 Å². The zero-order valence-electron chi connectivity index (χ0n) is 15.6.